The average molecular weight is 397 g/mol. The van der Waals surface area contributed by atoms with Crippen LogP contribution in [-0.2, 0) is 7.05 Å². The van der Waals surface area contributed by atoms with Crippen LogP contribution in [0.1, 0.15) is 30.1 Å². The molecule has 1 aliphatic heterocycles. The van der Waals surface area contributed by atoms with Crippen molar-refractivity contribution < 1.29 is 0 Å². The summed E-state index contributed by atoms with van der Waals surface area (Å²) in [6, 6.07) is 3.77. The fourth-order valence-electron chi connectivity index (χ4n) is 4.05. The highest BCUT2D eigenvalue weighted by Gasteiger charge is 2.26. The van der Waals surface area contributed by atoms with Gasteiger partial charge in [-0.2, -0.15) is 9.61 Å². The van der Waals surface area contributed by atoms with Gasteiger partial charge in [0.1, 0.15) is 0 Å². The van der Waals surface area contributed by atoms with Crippen molar-refractivity contribution in [2.24, 2.45) is 7.05 Å². The Morgan fingerprint density at radius 1 is 1.25 bits per heavy atom. The van der Waals surface area contributed by atoms with Crippen LogP contribution in [0.15, 0.2) is 24.5 Å². The zero-order valence-electron chi connectivity index (χ0n) is 15.8. The number of halogens is 1. The second kappa shape index (κ2) is 6.34. The number of rotatable bonds is 2. The molecule has 0 aliphatic carbocycles. The highest BCUT2D eigenvalue weighted by Crippen LogP contribution is 2.31. The minimum atomic E-state index is 0.226. The molecule has 9 heteroatoms. The molecule has 1 atom stereocenters. The van der Waals surface area contributed by atoms with Gasteiger partial charge in [-0.25, -0.2) is 9.97 Å². The van der Waals surface area contributed by atoms with Gasteiger partial charge in [-0.3, -0.25) is 4.68 Å². The van der Waals surface area contributed by atoms with Crippen LogP contribution in [0, 0.1) is 6.92 Å². The lowest BCUT2D eigenvalue weighted by Gasteiger charge is -2.32. The van der Waals surface area contributed by atoms with Crippen molar-refractivity contribution in [2.45, 2.75) is 25.7 Å². The molecule has 1 saturated heterocycles. The number of aryl methyl sites for hydroxylation is 2. The van der Waals surface area contributed by atoms with E-state index >= 15 is 0 Å². The third-order valence-electron chi connectivity index (χ3n) is 5.42. The van der Waals surface area contributed by atoms with Crippen LogP contribution in [0.5, 0.6) is 0 Å². The maximum Gasteiger partial charge on any atom is 0.223 e. The molecule has 0 radical (unpaired) electrons. The number of piperidine rings is 1. The zero-order chi connectivity index (χ0) is 19.4. The maximum atomic E-state index is 6.28. The summed E-state index contributed by atoms with van der Waals surface area (Å²) in [6.45, 7) is 3.84. The van der Waals surface area contributed by atoms with Gasteiger partial charge < -0.3 is 10.6 Å². The molecule has 28 heavy (non-hydrogen) atoms. The van der Waals surface area contributed by atoms with Crippen LogP contribution in [0.2, 0.25) is 5.02 Å². The molecule has 0 saturated carbocycles. The van der Waals surface area contributed by atoms with E-state index in [1.165, 1.54) is 0 Å². The van der Waals surface area contributed by atoms with Crippen molar-refractivity contribution >= 4 is 39.8 Å². The molecule has 1 aliphatic rings. The summed E-state index contributed by atoms with van der Waals surface area (Å²) in [6.07, 6.45) is 6.06. The van der Waals surface area contributed by atoms with E-state index in [2.05, 4.69) is 15.0 Å². The third-order valence-corrected chi connectivity index (χ3v) is 5.63. The minimum Gasteiger partial charge on any atom is -0.368 e. The molecule has 0 bridgehead atoms. The summed E-state index contributed by atoms with van der Waals surface area (Å²) in [5.74, 6) is 1.36. The zero-order valence-corrected chi connectivity index (χ0v) is 16.6. The highest BCUT2D eigenvalue weighted by atomic mass is 35.5. The Kier molecular flexibility index (Phi) is 3.90. The number of aromatic nitrogens is 6. The van der Waals surface area contributed by atoms with E-state index in [0.29, 0.717) is 16.6 Å². The number of nitrogens with zero attached hydrogens (tertiary/aromatic N) is 7. The first kappa shape index (κ1) is 17.2. The highest BCUT2D eigenvalue weighted by molar-refractivity contribution is 6.31. The number of nitrogen functional groups attached to an aromatic ring is 1. The molecule has 144 valence electrons. The molecule has 0 unspecified atom stereocenters. The Labute approximate surface area is 166 Å². The summed E-state index contributed by atoms with van der Waals surface area (Å²) >= 11 is 6.28. The number of benzene rings is 1. The topological polar surface area (TPSA) is 90.2 Å². The Bertz CT molecular complexity index is 1190. The monoisotopic (exact) mass is 396 g/mol. The molecule has 0 amide bonds. The lowest BCUT2D eigenvalue weighted by Crippen LogP contribution is -2.34. The first-order chi connectivity index (χ1) is 13.5. The van der Waals surface area contributed by atoms with Crippen LogP contribution in [0.25, 0.3) is 16.6 Å². The molecule has 4 heterocycles. The Hall–Kier alpha value is -2.87. The van der Waals surface area contributed by atoms with E-state index in [0.717, 1.165) is 53.9 Å². The summed E-state index contributed by atoms with van der Waals surface area (Å²) in [4.78, 5) is 11.7. The van der Waals surface area contributed by atoms with Gasteiger partial charge >= 0.3 is 0 Å². The van der Waals surface area contributed by atoms with E-state index in [1.807, 2.05) is 43.2 Å². The molecule has 5 rings (SSSR count). The van der Waals surface area contributed by atoms with Crippen molar-refractivity contribution in [2.75, 3.05) is 23.7 Å². The van der Waals surface area contributed by atoms with Crippen molar-refractivity contribution in [1.29, 1.82) is 0 Å². The molecule has 0 spiro atoms. The lowest BCUT2D eigenvalue weighted by atomic mass is 9.97. The predicted molar refractivity (Wildman–Crippen MR) is 110 cm³/mol. The third kappa shape index (κ3) is 2.75. The van der Waals surface area contributed by atoms with Crippen LogP contribution < -0.4 is 10.6 Å². The fraction of sp³-hybridized carbons (Fsp3) is 0.368. The van der Waals surface area contributed by atoms with E-state index in [4.69, 9.17) is 27.4 Å². The summed E-state index contributed by atoms with van der Waals surface area (Å²) in [7, 11) is 1.93. The van der Waals surface area contributed by atoms with Gasteiger partial charge in [-0.1, -0.05) is 11.6 Å². The van der Waals surface area contributed by atoms with Crippen LogP contribution >= 0.6 is 11.6 Å². The Balaban J connectivity index is 1.57. The standard InChI is InChI=1S/C19H21ClN8/c1-11-6-13(20)7-15-16(11)23-19(21)28-18(15)24-17(25-28)12-4-3-5-27(9-12)14-8-22-26(2)10-14/h6-8,10,12H,3-5,9H2,1-2H3,(H2,21,23)/t12-/m1/s1. The largest absolute Gasteiger partial charge is 0.368 e. The normalized spacial score (nSPS) is 17.7. The van der Waals surface area contributed by atoms with Gasteiger partial charge in [-0.05, 0) is 37.5 Å². The number of anilines is 2. The van der Waals surface area contributed by atoms with Crippen molar-refractivity contribution in [1.82, 2.24) is 29.4 Å². The summed E-state index contributed by atoms with van der Waals surface area (Å²) in [5, 5.41) is 10.5. The average Bonchev–Trinajstić information content (AvgIpc) is 3.30. The molecular formula is C19H21ClN8. The predicted octanol–water partition coefficient (Wildman–Crippen LogP) is 2.94. The van der Waals surface area contributed by atoms with E-state index in [9.17, 15) is 0 Å². The van der Waals surface area contributed by atoms with Crippen molar-refractivity contribution in [3.05, 3.63) is 40.9 Å². The van der Waals surface area contributed by atoms with Gasteiger partial charge in [0.05, 0.1) is 17.4 Å². The fourth-order valence-corrected chi connectivity index (χ4v) is 4.32. The second-order valence-corrected chi connectivity index (χ2v) is 7.89. The van der Waals surface area contributed by atoms with Gasteiger partial charge in [0.2, 0.25) is 5.95 Å². The lowest BCUT2D eigenvalue weighted by molar-refractivity contribution is 0.491. The Morgan fingerprint density at radius 3 is 2.89 bits per heavy atom. The smallest absolute Gasteiger partial charge is 0.223 e. The number of hydrogen-bond donors (Lipinski definition) is 1. The molecular weight excluding hydrogens is 376 g/mol. The van der Waals surface area contributed by atoms with Crippen molar-refractivity contribution in [3.8, 4) is 0 Å². The first-order valence-corrected chi connectivity index (χ1v) is 9.73. The number of nitrogens with two attached hydrogens (primary N) is 1. The van der Waals surface area contributed by atoms with E-state index < -0.39 is 0 Å². The molecule has 3 aromatic heterocycles. The van der Waals surface area contributed by atoms with Crippen LogP contribution in [-0.4, -0.2) is 42.5 Å². The summed E-state index contributed by atoms with van der Waals surface area (Å²) in [5.41, 5.74) is 9.82. The van der Waals surface area contributed by atoms with Gasteiger partial charge in [0, 0.05) is 42.7 Å². The van der Waals surface area contributed by atoms with Gasteiger partial charge in [0.15, 0.2) is 11.5 Å². The number of fused-ring (bicyclic) bond motifs is 3. The van der Waals surface area contributed by atoms with Crippen LogP contribution in [0.4, 0.5) is 11.6 Å². The van der Waals surface area contributed by atoms with E-state index in [-0.39, 0.29) is 5.92 Å². The van der Waals surface area contributed by atoms with E-state index in [1.54, 1.807) is 4.52 Å². The molecule has 1 fully saturated rings. The van der Waals surface area contributed by atoms with Crippen molar-refractivity contribution in [3.63, 3.8) is 0 Å². The minimum absolute atomic E-state index is 0.226. The molecule has 4 aromatic rings. The quantitative estimate of drug-likeness (QED) is 0.560. The molecule has 8 nitrogen and oxygen atoms in total. The van der Waals surface area contributed by atoms with Gasteiger partial charge in [-0.15, -0.1) is 5.10 Å². The maximum absolute atomic E-state index is 6.28. The summed E-state index contributed by atoms with van der Waals surface area (Å²) < 4.78 is 3.46. The van der Waals surface area contributed by atoms with Gasteiger partial charge in [0.25, 0.3) is 0 Å². The molecule has 1 aromatic carbocycles. The molecule has 2 N–H and O–H groups in total. The van der Waals surface area contributed by atoms with Crippen LogP contribution in [0.3, 0.4) is 0 Å². The number of hydrogen-bond acceptors (Lipinski definition) is 6. The SMILES string of the molecule is Cc1cc(Cl)cc2c1nc(N)n1nc([C@@H]3CCCN(c4cnn(C)c4)C3)nc21. The first-order valence-electron chi connectivity index (χ1n) is 9.35. The Morgan fingerprint density at radius 2 is 2.11 bits per heavy atom. The second-order valence-electron chi connectivity index (χ2n) is 7.45.